The summed E-state index contributed by atoms with van der Waals surface area (Å²) in [6.45, 7) is 0.468. The second-order valence-electron chi connectivity index (χ2n) is 2.57. The first-order chi connectivity index (χ1) is 6.74. The standard InChI is InChI=1S/C6H8N6OS/c7-4-10-5(12-11-4)8-1-3-2-14-6(13)9-3/h2H,1H2,(H,9,13)(H4,7,8,10,11,12). The Hall–Kier alpha value is -1.83. The van der Waals surface area contributed by atoms with Gasteiger partial charge in [-0.3, -0.25) is 4.79 Å². The highest BCUT2D eigenvalue weighted by atomic mass is 32.1. The van der Waals surface area contributed by atoms with E-state index in [9.17, 15) is 4.79 Å². The summed E-state index contributed by atoms with van der Waals surface area (Å²) in [6, 6.07) is 0. The maximum atomic E-state index is 10.8. The molecule has 0 atom stereocenters. The van der Waals surface area contributed by atoms with E-state index in [1.807, 2.05) is 0 Å². The van der Waals surface area contributed by atoms with E-state index in [0.717, 1.165) is 17.0 Å². The van der Waals surface area contributed by atoms with Crippen LogP contribution in [0.15, 0.2) is 10.2 Å². The Labute approximate surface area is 82.4 Å². The number of nitrogens with zero attached hydrogens (tertiary/aromatic N) is 2. The van der Waals surface area contributed by atoms with Crippen LogP contribution in [0.2, 0.25) is 0 Å². The minimum absolute atomic E-state index is 0.0729. The number of H-pyrrole nitrogens is 2. The molecule has 0 aromatic carbocycles. The third kappa shape index (κ3) is 1.91. The van der Waals surface area contributed by atoms with E-state index < -0.39 is 0 Å². The lowest BCUT2D eigenvalue weighted by Gasteiger charge is -1.96. The molecule has 2 heterocycles. The summed E-state index contributed by atoms with van der Waals surface area (Å²) in [6.07, 6.45) is 0. The smallest absolute Gasteiger partial charge is 0.304 e. The lowest BCUT2D eigenvalue weighted by atomic mass is 10.5. The molecule has 0 aliphatic carbocycles. The number of thiazole rings is 1. The Balaban J connectivity index is 1.98. The molecule has 0 amide bonds. The minimum Gasteiger partial charge on any atom is -0.368 e. The number of nitrogen functional groups attached to an aromatic ring is 1. The number of nitrogens with two attached hydrogens (primary N) is 1. The number of aromatic amines is 2. The summed E-state index contributed by atoms with van der Waals surface area (Å²) in [5.41, 5.74) is 6.12. The van der Waals surface area contributed by atoms with E-state index in [1.165, 1.54) is 0 Å². The second-order valence-corrected chi connectivity index (χ2v) is 3.41. The van der Waals surface area contributed by atoms with Crippen molar-refractivity contribution in [3.8, 4) is 0 Å². The number of hydrogen-bond donors (Lipinski definition) is 4. The average molecular weight is 212 g/mol. The SMILES string of the molecule is Nc1nc(NCc2csc(=O)[nH]2)n[nH]1. The van der Waals surface area contributed by atoms with Crippen molar-refractivity contribution in [1.82, 2.24) is 20.2 Å². The van der Waals surface area contributed by atoms with E-state index in [0.29, 0.717) is 12.5 Å². The predicted octanol–water partition coefficient (Wildman–Crippen LogP) is -0.251. The highest BCUT2D eigenvalue weighted by Gasteiger charge is 2.00. The molecular formula is C6H8N6OS. The van der Waals surface area contributed by atoms with Gasteiger partial charge in [-0.2, -0.15) is 4.98 Å². The maximum Gasteiger partial charge on any atom is 0.304 e. The van der Waals surface area contributed by atoms with E-state index in [2.05, 4.69) is 25.5 Å². The first kappa shape index (κ1) is 8.75. The summed E-state index contributed by atoms with van der Waals surface area (Å²) in [5.74, 6) is 0.667. The lowest BCUT2D eigenvalue weighted by molar-refractivity contribution is 1.01. The molecule has 14 heavy (non-hydrogen) atoms. The van der Waals surface area contributed by atoms with E-state index >= 15 is 0 Å². The van der Waals surface area contributed by atoms with Crippen molar-refractivity contribution in [3.63, 3.8) is 0 Å². The van der Waals surface area contributed by atoms with Crippen LogP contribution in [-0.4, -0.2) is 20.2 Å². The topological polar surface area (TPSA) is 112 Å². The van der Waals surface area contributed by atoms with Gasteiger partial charge in [-0.1, -0.05) is 11.3 Å². The van der Waals surface area contributed by atoms with Crippen LogP contribution in [-0.2, 0) is 6.54 Å². The van der Waals surface area contributed by atoms with Crippen LogP contribution < -0.4 is 15.9 Å². The molecule has 8 heteroatoms. The number of anilines is 2. The summed E-state index contributed by atoms with van der Waals surface area (Å²) >= 11 is 1.12. The normalized spacial score (nSPS) is 10.3. The van der Waals surface area contributed by atoms with Gasteiger partial charge in [-0.25, -0.2) is 5.10 Å². The molecule has 2 rings (SSSR count). The highest BCUT2D eigenvalue weighted by Crippen LogP contribution is 2.02. The fourth-order valence-electron chi connectivity index (χ4n) is 0.928. The van der Waals surface area contributed by atoms with Crippen LogP contribution in [0.1, 0.15) is 5.69 Å². The van der Waals surface area contributed by atoms with Crippen molar-refractivity contribution in [2.24, 2.45) is 0 Å². The summed E-state index contributed by atoms with van der Waals surface area (Å²) in [7, 11) is 0. The molecule has 0 spiro atoms. The highest BCUT2D eigenvalue weighted by molar-refractivity contribution is 7.07. The van der Waals surface area contributed by atoms with Gasteiger partial charge in [-0.15, -0.1) is 5.10 Å². The summed E-state index contributed by atoms with van der Waals surface area (Å²) in [4.78, 5) is 17.2. The van der Waals surface area contributed by atoms with Crippen molar-refractivity contribution < 1.29 is 0 Å². The van der Waals surface area contributed by atoms with Crippen molar-refractivity contribution in [1.29, 1.82) is 0 Å². The molecule has 0 unspecified atom stereocenters. The molecule has 0 aliphatic heterocycles. The van der Waals surface area contributed by atoms with E-state index in [4.69, 9.17) is 5.73 Å². The van der Waals surface area contributed by atoms with Crippen molar-refractivity contribution in [3.05, 3.63) is 20.7 Å². The number of aromatic nitrogens is 4. The van der Waals surface area contributed by atoms with Gasteiger partial charge in [0.05, 0.1) is 6.54 Å². The zero-order valence-corrected chi connectivity index (χ0v) is 7.89. The molecule has 0 aliphatic rings. The summed E-state index contributed by atoms with van der Waals surface area (Å²) < 4.78 is 0. The van der Waals surface area contributed by atoms with Crippen molar-refractivity contribution in [2.75, 3.05) is 11.1 Å². The van der Waals surface area contributed by atoms with Gasteiger partial charge in [0.2, 0.25) is 11.9 Å². The minimum atomic E-state index is -0.0729. The van der Waals surface area contributed by atoms with Crippen LogP contribution in [0.3, 0.4) is 0 Å². The molecule has 74 valence electrons. The quantitative estimate of drug-likeness (QED) is 0.560. The molecule has 0 bridgehead atoms. The fourth-order valence-corrected chi connectivity index (χ4v) is 1.51. The first-order valence-corrected chi connectivity index (χ1v) is 4.70. The molecular weight excluding hydrogens is 204 g/mol. The molecule has 2 aromatic heterocycles. The van der Waals surface area contributed by atoms with Crippen LogP contribution in [0.5, 0.6) is 0 Å². The van der Waals surface area contributed by atoms with Crippen molar-refractivity contribution >= 4 is 23.2 Å². The molecule has 0 radical (unpaired) electrons. The van der Waals surface area contributed by atoms with Gasteiger partial charge in [0.1, 0.15) is 0 Å². The van der Waals surface area contributed by atoms with Gasteiger partial charge in [0.15, 0.2) is 0 Å². The van der Waals surface area contributed by atoms with E-state index in [-0.39, 0.29) is 10.8 Å². The first-order valence-electron chi connectivity index (χ1n) is 3.82. The molecule has 7 nitrogen and oxygen atoms in total. The monoisotopic (exact) mass is 212 g/mol. The molecule has 5 N–H and O–H groups in total. The van der Waals surface area contributed by atoms with Gasteiger partial charge >= 0.3 is 4.87 Å². The predicted molar refractivity (Wildman–Crippen MR) is 53.1 cm³/mol. The van der Waals surface area contributed by atoms with Crippen molar-refractivity contribution in [2.45, 2.75) is 6.54 Å². The maximum absolute atomic E-state index is 10.8. The lowest BCUT2D eigenvalue weighted by Crippen LogP contribution is -2.03. The second kappa shape index (κ2) is 3.50. The largest absolute Gasteiger partial charge is 0.368 e. The van der Waals surface area contributed by atoms with Crippen LogP contribution >= 0.6 is 11.3 Å². The van der Waals surface area contributed by atoms with Crippen LogP contribution in [0.4, 0.5) is 11.9 Å². The molecule has 0 saturated carbocycles. The Bertz CT molecular complexity index is 470. The van der Waals surface area contributed by atoms with E-state index in [1.54, 1.807) is 5.38 Å². The van der Waals surface area contributed by atoms with Gasteiger partial charge in [-0.05, 0) is 0 Å². The molecule has 0 fully saturated rings. The van der Waals surface area contributed by atoms with Gasteiger partial charge in [0, 0.05) is 11.1 Å². The van der Waals surface area contributed by atoms with Crippen LogP contribution in [0, 0.1) is 0 Å². The van der Waals surface area contributed by atoms with Gasteiger partial charge < -0.3 is 16.0 Å². The van der Waals surface area contributed by atoms with Gasteiger partial charge in [0.25, 0.3) is 0 Å². The summed E-state index contributed by atoms with van der Waals surface area (Å²) in [5, 5.41) is 10.9. The Kier molecular flexibility index (Phi) is 2.19. The number of hydrogen-bond acceptors (Lipinski definition) is 6. The van der Waals surface area contributed by atoms with Crippen LogP contribution in [0.25, 0.3) is 0 Å². The number of rotatable bonds is 3. The Morgan fingerprint density at radius 3 is 3.07 bits per heavy atom. The Morgan fingerprint density at radius 2 is 2.50 bits per heavy atom. The third-order valence-corrected chi connectivity index (χ3v) is 2.23. The Morgan fingerprint density at radius 1 is 1.64 bits per heavy atom. The third-order valence-electron chi connectivity index (χ3n) is 1.51. The molecule has 2 aromatic rings. The zero-order valence-electron chi connectivity index (χ0n) is 7.07. The fraction of sp³-hybridized carbons (Fsp3) is 0.167. The number of nitrogens with one attached hydrogen (secondary N) is 3. The zero-order chi connectivity index (χ0) is 9.97. The molecule has 0 saturated heterocycles. The average Bonchev–Trinajstić information content (AvgIpc) is 2.72.